The van der Waals surface area contributed by atoms with Crippen molar-refractivity contribution in [2.24, 2.45) is 5.41 Å². The molecule has 3 heteroatoms. The first-order valence-corrected chi connectivity index (χ1v) is 7.13. The van der Waals surface area contributed by atoms with Crippen molar-refractivity contribution >= 4 is 0 Å². The van der Waals surface area contributed by atoms with Gasteiger partial charge in [0.1, 0.15) is 0 Å². The van der Waals surface area contributed by atoms with Gasteiger partial charge in [0.25, 0.3) is 0 Å². The van der Waals surface area contributed by atoms with Crippen LogP contribution in [0.25, 0.3) is 0 Å². The third kappa shape index (κ3) is 3.43. The Bertz CT molecular complexity index is 246. The molecule has 0 aliphatic carbocycles. The highest BCUT2D eigenvalue weighted by atomic mass is 15.3. The molecule has 3 nitrogen and oxygen atoms in total. The quantitative estimate of drug-likeness (QED) is 0.746. The third-order valence-corrected chi connectivity index (χ3v) is 4.37. The summed E-state index contributed by atoms with van der Waals surface area (Å²) in [4.78, 5) is 5.21. The first-order chi connectivity index (χ1) is 7.97. The first kappa shape index (κ1) is 13.3. The van der Waals surface area contributed by atoms with Crippen molar-refractivity contribution in [3.63, 3.8) is 0 Å². The molecule has 2 heterocycles. The van der Waals surface area contributed by atoms with Crippen LogP contribution in [0.2, 0.25) is 0 Å². The molecule has 2 fully saturated rings. The molecule has 2 unspecified atom stereocenters. The number of likely N-dealkylation sites (N-methyl/N-ethyl adjacent to an activating group) is 1. The molecule has 2 aliphatic rings. The lowest BCUT2D eigenvalue weighted by atomic mass is 9.85. The molecule has 0 radical (unpaired) electrons. The molecule has 0 spiro atoms. The molecule has 0 aromatic rings. The van der Waals surface area contributed by atoms with E-state index in [-0.39, 0.29) is 0 Å². The van der Waals surface area contributed by atoms with Gasteiger partial charge in [-0.1, -0.05) is 20.8 Å². The van der Waals surface area contributed by atoms with Crippen molar-refractivity contribution in [2.75, 3.05) is 39.8 Å². The molecular weight excluding hydrogens is 210 g/mol. The average Bonchev–Trinajstić information content (AvgIpc) is 2.28. The Labute approximate surface area is 107 Å². The summed E-state index contributed by atoms with van der Waals surface area (Å²) in [6, 6.07) is 1.43. The van der Waals surface area contributed by atoms with Gasteiger partial charge in [-0.2, -0.15) is 0 Å². The summed E-state index contributed by atoms with van der Waals surface area (Å²) in [7, 11) is 2.26. The van der Waals surface area contributed by atoms with E-state index in [9.17, 15) is 0 Å². The second kappa shape index (κ2) is 5.25. The van der Waals surface area contributed by atoms with E-state index in [1.165, 1.54) is 39.0 Å². The van der Waals surface area contributed by atoms with Gasteiger partial charge in [-0.25, -0.2) is 0 Å². The Balaban J connectivity index is 1.92. The van der Waals surface area contributed by atoms with Crippen LogP contribution in [0.1, 0.15) is 33.6 Å². The zero-order valence-corrected chi connectivity index (χ0v) is 12.0. The van der Waals surface area contributed by atoms with E-state index in [2.05, 4.69) is 42.9 Å². The summed E-state index contributed by atoms with van der Waals surface area (Å²) in [5, 5.41) is 3.68. The van der Waals surface area contributed by atoms with Gasteiger partial charge >= 0.3 is 0 Å². The molecule has 2 saturated heterocycles. The number of nitrogens with zero attached hydrogens (tertiary/aromatic N) is 2. The van der Waals surface area contributed by atoms with E-state index < -0.39 is 0 Å². The second-order valence-electron chi connectivity index (χ2n) is 6.93. The lowest BCUT2D eigenvalue weighted by molar-refractivity contribution is 0.0605. The van der Waals surface area contributed by atoms with E-state index >= 15 is 0 Å². The van der Waals surface area contributed by atoms with Crippen LogP contribution in [0.15, 0.2) is 0 Å². The molecule has 0 bridgehead atoms. The number of hydrogen-bond donors (Lipinski definition) is 1. The minimum atomic E-state index is 0.374. The highest BCUT2D eigenvalue weighted by molar-refractivity contribution is 4.91. The number of likely N-dealkylation sites (tertiary alicyclic amines) is 1. The number of nitrogens with one attached hydrogen (secondary N) is 1. The summed E-state index contributed by atoms with van der Waals surface area (Å²) < 4.78 is 0. The predicted octanol–water partition coefficient (Wildman–Crippen LogP) is 1.40. The summed E-state index contributed by atoms with van der Waals surface area (Å²) in [6.07, 6.45) is 2.76. The molecule has 2 aliphatic heterocycles. The molecule has 100 valence electrons. The lowest BCUT2D eigenvalue weighted by Gasteiger charge is -2.45. The fourth-order valence-corrected chi connectivity index (χ4v) is 3.12. The first-order valence-electron chi connectivity index (χ1n) is 7.13. The smallest absolute Gasteiger partial charge is 0.0244 e. The van der Waals surface area contributed by atoms with Gasteiger partial charge < -0.3 is 10.2 Å². The fourth-order valence-electron chi connectivity index (χ4n) is 3.12. The highest BCUT2D eigenvalue weighted by Crippen LogP contribution is 2.24. The van der Waals surface area contributed by atoms with Crippen LogP contribution >= 0.6 is 0 Å². The van der Waals surface area contributed by atoms with Crippen molar-refractivity contribution in [3.8, 4) is 0 Å². The zero-order chi connectivity index (χ0) is 12.5. The maximum absolute atomic E-state index is 3.68. The van der Waals surface area contributed by atoms with Crippen molar-refractivity contribution < 1.29 is 0 Å². The number of rotatable bonds is 1. The molecule has 1 N–H and O–H groups in total. The SMILES string of the molecule is CN1CCCC(N2CCNC(C(C)(C)C)C2)C1. The second-order valence-corrected chi connectivity index (χ2v) is 6.93. The molecule has 0 aromatic carbocycles. The van der Waals surface area contributed by atoms with Crippen molar-refractivity contribution in [1.82, 2.24) is 15.1 Å². The molecule has 0 saturated carbocycles. The number of piperazine rings is 1. The normalized spacial score (nSPS) is 33.9. The van der Waals surface area contributed by atoms with Gasteiger partial charge in [-0.05, 0) is 31.8 Å². The third-order valence-electron chi connectivity index (χ3n) is 4.37. The Kier molecular flexibility index (Phi) is 4.11. The van der Waals surface area contributed by atoms with Gasteiger partial charge in [0.2, 0.25) is 0 Å². The molecular formula is C14H29N3. The molecule has 2 rings (SSSR count). The van der Waals surface area contributed by atoms with Gasteiger partial charge in [0.15, 0.2) is 0 Å². The number of piperidine rings is 1. The Morgan fingerprint density at radius 3 is 2.53 bits per heavy atom. The maximum Gasteiger partial charge on any atom is 0.0244 e. The van der Waals surface area contributed by atoms with E-state index in [1.807, 2.05) is 0 Å². The standard InChI is InChI=1S/C14H29N3/c1-14(2,3)13-11-17(9-7-15-13)12-6-5-8-16(4)10-12/h12-13,15H,5-11H2,1-4H3. The average molecular weight is 239 g/mol. The van der Waals surface area contributed by atoms with Crippen molar-refractivity contribution in [1.29, 1.82) is 0 Å². The predicted molar refractivity (Wildman–Crippen MR) is 73.3 cm³/mol. The Hall–Kier alpha value is -0.120. The Morgan fingerprint density at radius 1 is 1.12 bits per heavy atom. The van der Waals surface area contributed by atoms with E-state index in [4.69, 9.17) is 0 Å². The van der Waals surface area contributed by atoms with Crippen LogP contribution in [-0.2, 0) is 0 Å². The lowest BCUT2D eigenvalue weighted by Crippen LogP contribution is -2.60. The molecule has 2 atom stereocenters. The highest BCUT2D eigenvalue weighted by Gasteiger charge is 2.33. The van der Waals surface area contributed by atoms with Gasteiger partial charge in [-0.3, -0.25) is 4.90 Å². The minimum Gasteiger partial charge on any atom is -0.311 e. The van der Waals surface area contributed by atoms with Gasteiger partial charge in [-0.15, -0.1) is 0 Å². The summed E-state index contributed by atoms with van der Waals surface area (Å²) in [5.74, 6) is 0. The van der Waals surface area contributed by atoms with Crippen molar-refractivity contribution in [3.05, 3.63) is 0 Å². The van der Waals surface area contributed by atoms with Gasteiger partial charge in [0, 0.05) is 38.3 Å². The maximum atomic E-state index is 3.68. The van der Waals surface area contributed by atoms with Crippen LogP contribution < -0.4 is 5.32 Å². The Morgan fingerprint density at radius 2 is 1.88 bits per heavy atom. The van der Waals surface area contributed by atoms with Crippen LogP contribution in [0, 0.1) is 5.41 Å². The van der Waals surface area contributed by atoms with Crippen LogP contribution in [0.5, 0.6) is 0 Å². The molecule has 17 heavy (non-hydrogen) atoms. The molecule has 0 amide bonds. The largest absolute Gasteiger partial charge is 0.311 e. The fraction of sp³-hybridized carbons (Fsp3) is 1.00. The number of hydrogen-bond acceptors (Lipinski definition) is 3. The molecule has 0 aromatic heterocycles. The minimum absolute atomic E-state index is 0.374. The van der Waals surface area contributed by atoms with Crippen LogP contribution in [-0.4, -0.2) is 61.7 Å². The van der Waals surface area contributed by atoms with Crippen molar-refractivity contribution in [2.45, 2.75) is 45.7 Å². The zero-order valence-electron chi connectivity index (χ0n) is 12.0. The summed E-state index contributed by atoms with van der Waals surface area (Å²) in [5.41, 5.74) is 0.374. The van der Waals surface area contributed by atoms with Crippen LogP contribution in [0.4, 0.5) is 0 Å². The summed E-state index contributed by atoms with van der Waals surface area (Å²) >= 11 is 0. The topological polar surface area (TPSA) is 18.5 Å². The monoisotopic (exact) mass is 239 g/mol. The van der Waals surface area contributed by atoms with Crippen LogP contribution in [0.3, 0.4) is 0 Å². The van der Waals surface area contributed by atoms with E-state index in [1.54, 1.807) is 0 Å². The summed E-state index contributed by atoms with van der Waals surface area (Å²) in [6.45, 7) is 13.2. The van der Waals surface area contributed by atoms with E-state index in [0.717, 1.165) is 12.6 Å². The van der Waals surface area contributed by atoms with Gasteiger partial charge in [0.05, 0.1) is 0 Å². The van der Waals surface area contributed by atoms with E-state index in [0.29, 0.717) is 11.5 Å².